The predicted octanol–water partition coefficient (Wildman–Crippen LogP) is 3.69. The summed E-state index contributed by atoms with van der Waals surface area (Å²) in [6, 6.07) is 7.91. The maximum absolute atomic E-state index is 11.8. The number of thiophene rings is 1. The maximum Gasteiger partial charge on any atom is 0.260 e. The molecule has 1 saturated heterocycles. The standard InChI is InChI=1S/C27H33N7O4S2/c1-17-12-20(24(38-2)14-23(17)34-7-5-33(6-8-34)9-11-40(3,36)37)31-25-13-18-21(15-29-16-22(18)32-25)30-19-4-10-39-26(19)27(28)35/h4,10,12-16,30-32H,5-9,11H2,1-3H3,(H2,28,35). The number of rotatable bonds is 10. The van der Waals surface area contributed by atoms with E-state index in [0.29, 0.717) is 22.9 Å². The molecule has 0 bridgehead atoms. The zero-order chi connectivity index (χ0) is 28.4. The zero-order valence-corrected chi connectivity index (χ0v) is 24.3. The molecule has 0 atom stereocenters. The second-order valence-corrected chi connectivity index (χ2v) is 13.1. The highest BCUT2D eigenvalue weighted by Gasteiger charge is 2.21. The number of ether oxygens (including phenoxy) is 1. The van der Waals surface area contributed by atoms with Crippen LogP contribution in [0.1, 0.15) is 15.2 Å². The van der Waals surface area contributed by atoms with E-state index in [1.165, 1.54) is 17.6 Å². The highest BCUT2D eigenvalue weighted by atomic mass is 32.2. The van der Waals surface area contributed by atoms with E-state index < -0.39 is 15.7 Å². The van der Waals surface area contributed by atoms with Gasteiger partial charge in [-0.3, -0.25) is 14.7 Å². The van der Waals surface area contributed by atoms with Crippen LogP contribution < -0.4 is 26.0 Å². The van der Waals surface area contributed by atoms with Gasteiger partial charge in [-0.05, 0) is 36.1 Å². The number of nitrogens with one attached hydrogen (secondary N) is 3. The average Bonchev–Trinajstić information content (AvgIpc) is 3.55. The molecular weight excluding hydrogens is 550 g/mol. The fourth-order valence-electron chi connectivity index (χ4n) is 4.90. The van der Waals surface area contributed by atoms with Crippen molar-refractivity contribution in [2.24, 2.45) is 5.73 Å². The van der Waals surface area contributed by atoms with Gasteiger partial charge in [0, 0.05) is 56.1 Å². The van der Waals surface area contributed by atoms with Crippen LogP contribution in [0.25, 0.3) is 10.9 Å². The molecule has 1 aliphatic heterocycles. The number of nitrogens with two attached hydrogens (primary N) is 1. The topological polar surface area (TPSA) is 146 Å². The van der Waals surface area contributed by atoms with Gasteiger partial charge >= 0.3 is 0 Å². The number of hydrogen-bond donors (Lipinski definition) is 4. The number of primary amides is 1. The van der Waals surface area contributed by atoms with Crippen molar-refractivity contribution in [2.45, 2.75) is 6.92 Å². The first-order valence-electron chi connectivity index (χ1n) is 12.8. The Bertz CT molecular complexity index is 1640. The molecule has 3 aromatic heterocycles. The van der Waals surface area contributed by atoms with Gasteiger partial charge in [0.05, 0.1) is 47.8 Å². The molecule has 1 fully saturated rings. The van der Waals surface area contributed by atoms with E-state index in [1.54, 1.807) is 19.5 Å². The van der Waals surface area contributed by atoms with Crippen LogP contribution in [0, 0.1) is 6.92 Å². The summed E-state index contributed by atoms with van der Waals surface area (Å²) in [5.41, 5.74) is 10.7. The summed E-state index contributed by atoms with van der Waals surface area (Å²) in [6.07, 6.45) is 4.74. The number of aryl methyl sites for hydroxylation is 1. The molecule has 0 saturated carbocycles. The number of carbonyl (C=O) groups excluding carboxylic acids is 1. The number of carbonyl (C=O) groups is 1. The number of aromatic amines is 1. The van der Waals surface area contributed by atoms with Crippen molar-refractivity contribution < 1.29 is 17.9 Å². The van der Waals surface area contributed by atoms with Gasteiger partial charge in [0.2, 0.25) is 0 Å². The Labute approximate surface area is 237 Å². The van der Waals surface area contributed by atoms with Crippen LogP contribution in [-0.4, -0.2) is 81.0 Å². The van der Waals surface area contributed by atoms with Crippen LogP contribution in [0.3, 0.4) is 0 Å². The monoisotopic (exact) mass is 583 g/mol. The molecule has 212 valence electrons. The summed E-state index contributed by atoms with van der Waals surface area (Å²) in [4.78, 5) is 24.4. The third-order valence-corrected chi connectivity index (χ3v) is 8.84. The lowest BCUT2D eigenvalue weighted by atomic mass is 10.1. The molecule has 5 N–H and O–H groups in total. The van der Waals surface area contributed by atoms with Crippen LogP contribution in [0.2, 0.25) is 0 Å². The molecule has 1 aliphatic rings. The Morgan fingerprint density at radius 2 is 1.90 bits per heavy atom. The number of benzene rings is 1. The first-order valence-corrected chi connectivity index (χ1v) is 15.8. The van der Waals surface area contributed by atoms with Gasteiger partial charge < -0.3 is 31.0 Å². The van der Waals surface area contributed by atoms with Gasteiger partial charge in [-0.15, -0.1) is 11.3 Å². The first kappa shape index (κ1) is 27.7. The number of anilines is 5. The predicted molar refractivity (Wildman–Crippen MR) is 162 cm³/mol. The van der Waals surface area contributed by atoms with E-state index in [1.807, 2.05) is 23.6 Å². The van der Waals surface area contributed by atoms with E-state index in [2.05, 4.69) is 43.4 Å². The minimum atomic E-state index is -2.97. The van der Waals surface area contributed by atoms with Gasteiger partial charge in [0.25, 0.3) is 5.91 Å². The number of H-pyrrole nitrogens is 1. The van der Waals surface area contributed by atoms with Crippen molar-refractivity contribution in [1.29, 1.82) is 0 Å². The molecule has 0 aliphatic carbocycles. The lowest BCUT2D eigenvalue weighted by Crippen LogP contribution is -2.47. The molecule has 0 spiro atoms. The van der Waals surface area contributed by atoms with Crippen LogP contribution in [0.15, 0.2) is 42.0 Å². The summed E-state index contributed by atoms with van der Waals surface area (Å²) in [5, 5.41) is 9.45. The largest absolute Gasteiger partial charge is 0.494 e. The number of fused-ring (bicyclic) bond motifs is 1. The van der Waals surface area contributed by atoms with Crippen LogP contribution >= 0.6 is 11.3 Å². The molecular formula is C27H33N7O4S2. The molecule has 5 rings (SSSR count). The Hall–Kier alpha value is -3.81. The van der Waals surface area contributed by atoms with Gasteiger partial charge in [-0.25, -0.2) is 8.42 Å². The lowest BCUT2D eigenvalue weighted by molar-refractivity contribution is 0.100. The van der Waals surface area contributed by atoms with E-state index in [-0.39, 0.29) is 5.75 Å². The van der Waals surface area contributed by atoms with E-state index in [0.717, 1.165) is 65.5 Å². The summed E-state index contributed by atoms with van der Waals surface area (Å²) in [6.45, 7) is 5.88. The lowest BCUT2D eigenvalue weighted by Gasteiger charge is -2.37. The summed E-state index contributed by atoms with van der Waals surface area (Å²) >= 11 is 1.29. The zero-order valence-electron chi connectivity index (χ0n) is 22.7. The first-order chi connectivity index (χ1) is 19.1. The number of amides is 1. The quantitative estimate of drug-likeness (QED) is 0.220. The van der Waals surface area contributed by atoms with Crippen molar-refractivity contribution in [1.82, 2.24) is 14.9 Å². The molecule has 0 unspecified atom stereocenters. The molecule has 1 amide bonds. The number of sulfone groups is 1. The SMILES string of the molecule is COc1cc(N2CCN(CCS(C)(=O)=O)CC2)c(C)cc1Nc1cc2c(Nc3ccsc3C(N)=O)cncc2[nH]1. The summed E-state index contributed by atoms with van der Waals surface area (Å²) in [7, 11) is -1.32. The van der Waals surface area contributed by atoms with Crippen molar-refractivity contribution >= 4 is 66.6 Å². The van der Waals surface area contributed by atoms with E-state index >= 15 is 0 Å². The van der Waals surface area contributed by atoms with Gasteiger partial charge in [-0.1, -0.05) is 0 Å². The number of aromatic nitrogens is 2. The normalized spacial score (nSPS) is 14.4. The molecule has 4 heterocycles. The van der Waals surface area contributed by atoms with Crippen molar-refractivity contribution in [3.05, 3.63) is 52.5 Å². The Morgan fingerprint density at radius 1 is 1.12 bits per heavy atom. The number of pyridine rings is 1. The number of methoxy groups -OCH3 is 1. The van der Waals surface area contributed by atoms with Gasteiger partial charge in [-0.2, -0.15) is 0 Å². The van der Waals surface area contributed by atoms with Gasteiger partial charge in [0.1, 0.15) is 26.3 Å². The number of piperazine rings is 1. The van der Waals surface area contributed by atoms with Gasteiger partial charge in [0.15, 0.2) is 0 Å². The van der Waals surface area contributed by atoms with E-state index in [4.69, 9.17) is 10.5 Å². The fourth-order valence-corrected chi connectivity index (χ4v) is 6.19. The number of hydrogen-bond acceptors (Lipinski definition) is 10. The molecule has 13 heteroatoms. The van der Waals surface area contributed by atoms with Crippen LogP contribution in [0.5, 0.6) is 5.75 Å². The maximum atomic E-state index is 11.8. The average molecular weight is 584 g/mol. The Morgan fingerprint density at radius 3 is 2.60 bits per heavy atom. The minimum Gasteiger partial charge on any atom is -0.494 e. The molecule has 4 aromatic rings. The fraction of sp³-hybridized carbons (Fsp3) is 0.333. The van der Waals surface area contributed by atoms with E-state index in [9.17, 15) is 13.2 Å². The van der Waals surface area contributed by atoms with Crippen molar-refractivity contribution in [3.8, 4) is 5.75 Å². The smallest absolute Gasteiger partial charge is 0.260 e. The van der Waals surface area contributed by atoms with Crippen molar-refractivity contribution in [2.75, 3.05) is 67.4 Å². The second-order valence-electron chi connectivity index (χ2n) is 9.91. The third kappa shape index (κ3) is 6.16. The summed E-state index contributed by atoms with van der Waals surface area (Å²) < 4.78 is 28.8. The van der Waals surface area contributed by atoms with Crippen LogP contribution in [0.4, 0.5) is 28.6 Å². The van der Waals surface area contributed by atoms with Crippen LogP contribution in [-0.2, 0) is 9.84 Å². The molecule has 0 radical (unpaired) electrons. The molecule has 40 heavy (non-hydrogen) atoms. The highest BCUT2D eigenvalue weighted by Crippen LogP contribution is 2.37. The Kier molecular flexibility index (Phi) is 7.88. The second kappa shape index (κ2) is 11.4. The Balaban J connectivity index is 1.33. The molecule has 11 nitrogen and oxygen atoms in total. The highest BCUT2D eigenvalue weighted by molar-refractivity contribution is 7.90. The third-order valence-electron chi connectivity index (χ3n) is 6.98. The van der Waals surface area contributed by atoms with Crippen molar-refractivity contribution in [3.63, 3.8) is 0 Å². The minimum absolute atomic E-state index is 0.185. The molecule has 1 aromatic carbocycles. The number of nitrogens with zero attached hydrogens (tertiary/aromatic N) is 3. The summed E-state index contributed by atoms with van der Waals surface area (Å²) in [5.74, 6) is 1.18.